The zero-order valence-electron chi connectivity index (χ0n) is 9.11. The van der Waals surface area contributed by atoms with Gasteiger partial charge in [0.25, 0.3) is 6.43 Å². The van der Waals surface area contributed by atoms with Crippen LogP contribution in [0.1, 0.15) is 24.6 Å². The van der Waals surface area contributed by atoms with Crippen molar-refractivity contribution in [3.63, 3.8) is 0 Å². The fourth-order valence-corrected chi connectivity index (χ4v) is 1.29. The Morgan fingerprint density at radius 1 is 1.65 bits per heavy atom. The maximum absolute atomic E-state index is 12.5. The van der Waals surface area contributed by atoms with E-state index in [-0.39, 0.29) is 24.3 Å². The first-order chi connectivity index (χ1) is 7.97. The van der Waals surface area contributed by atoms with E-state index in [4.69, 9.17) is 5.73 Å². The molecule has 0 aliphatic heterocycles. The first kappa shape index (κ1) is 13.1. The highest BCUT2D eigenvalue weighted by molar-refractivity contribution is 5.76. The number of hydrogen-bond acceptors (Lipinski definition) is 5. The van der Waals surface area contributed by atoms with Gasteiger partial charge >= 0.3 is 5.97 Å². The average Bonchev–Trinajstić information content (AvgIpc) is 2.24. The molecule has 1 rings (SSSR count). The predicted octanol–water partition coefficient (Wildman–Crippen LogP) is 1.41. The van der Waals surface area contributed by atoms with E-state index in [1.165, 1.54) is 0 Å². The molecule has 1 aromatic rings. The number of rotatable bonds is 4. The number of ether oxygens (including phenoxy) is 1. The normalized spacial score (nSPS) is 10.6. The third-order valence-electron chi connectivity index (χ3n) is 2.07. The molecule has 0 spiro atoms. The molecule has 0 saturated carbocycles. The van der Waals surface area contributed by atoms with Crippen LogP contribution >= 0.6 is 0 Å². The summed E-state index contributed by atoms with van der Waals surface area (Å²) in [6.45, 7) is 1.77. The number of nitrogens with two attached hydrogens (primary N) is 1. The van der Waals surface area contributed by atoms with E-state index in [0.717, 1.165) is 6.20 Å². The first-order valence-corrected chi connectivity index (χ1v) is 4.87. The van der Waals surface area contributed by atoms with Crippen molar-refractivity contribution in [3.8, 4) is 5.75 Å². The van der Waals surface area contributed by atoms with Crippen molar-refractivity contribution in [2.75, 3.05) is 12.3 Å². The zero-order chi connectivity index (χ0) is 13.0. The Morgan fingerprint density at radius 2 is 2.29 bits per heavy atom. The SMILES string of the molecule is CCOC(=O)Cc1c(O)cnc(C(F)F)c1N. The van der Waals surface area contributed by atoms with Gasteiger partial charge in [0, 0.05) is 5.56 Å². The predicted molar refractivity (Wildman–Crippen MR) is 55.6 cm³/mol. The lowest BCUT2D eigenvalue weighted by atomic mass is 10.1. The monoisotopic (exact) mass is 246 g/mol. The maximum atomic E-state index is 12.5. The largest absolute Gasteiger partial charge is 0.506 e. The Bertz CT molecular complexity index is 424. The highest BCUT2D eigenvalue weighted by Gasteiger charge is 2.20. The van der Waals surface area contributed by atoms with Crippen molar-refractivity contribution in [1.82, 2.24) is 4.98 Å². The average molecular weight is 246 g/mol. The minimum Gasteiger partial charge on any atom is -0.506 e. The molecule has 0 saturated heterocycles. The van der Waals surface area contributed by atoms with E-state index in [1.807, 2.05) is 0 Å². The van der Waals surface area contributed by atoms with Crippen LogP contribution < -0.4 is 5.73 Å². The number of nitrogen functional groups attached to an aromatic ring is 1. The van der Waals surface area contributed by atoms with Gasteiger partial charge in [0.05, 0.1) is 24.9 Å². The fraction of sp³-hybridized carbons (Fsp3) is 0.400. The number of carbonyl (C=O) groups is 1. The lowest BCUT2D eigenvalue weighted by Crippen LogP contribution is -2.11. The van der Waals surface area contributed by atoms with E-state index < -0.39 is 23.8 Å². The van der Waals surface area contributed by atoms with Crippen molar-refractivity contribution >= 4 is 11.7 Å². The highest BCUT2D eigenvalue weighted by Crippen LogP contribution is 2.31. The summed E-state index contributed by atoms with van der Waals surface area (Å²) in [6, 6.07) is 0. The molecule has 0 unspecified atom stereocenters. The molecular weight excluding hydrogens is 234 g/mol. The molecule has 94 valence electrons. The van der Waals surface area contributed by atoms with Crippen LogP contribution in [0.2, 0.25) is 0 Å². The van der Waals surface area contributed by atoms with E-state index in [1.54, 1.807) is 6.92 Å². The standard InChI is InChI=1S/C10H12F2N2O3/c1-2-17-7(16)3-5-6(15)4-14-9(8(5)13)10(11)12/h4,10,15H,2-3,13H2,1H3. The molecule has 5 nitrogen and oxygen atoms in total. The Labute approximate surface area is 96.2 Å². The highest BCUT2D eigenvalue weighted by atomic mass is 19.3. The first-order valence-electron chi connectivity index (χ1n) is 4.87. The van der Waals surface area contributed by atoms with Crippen LogP contribution in [0.4, 0.5) is 14.5 Å². The summed E-state index contributed by atoms with van der Waals surface area (Å²) in [5.41, 5.74) is 4.30. The van der Waals surface area contributed by atoms with Gasteiger partial charge in [-0.2, -0.15) is 0 Å². The number of anilines is 1. The van der Waals surface area contributed by atoms with Gasteiger partial charge < -0.3 is 15.6 Å². The number of halogens is 2. The van der Waals surface area contributed by atoms with Crippen LogP contribution in [-0.4, -0.2) is 22.7 Å². The molecule has 0 radical (unpaired) electrons. The van der Waals surface area contributed by atoms with Gasteiger partial charge in [-0.15, -0.1) is 0 Å². The second-order valence-corrected chi connectivity index (χ2v) is 3.20. The minimum atomic E-state index is -2.86. The Balaban J connectivity index is 3.05. The van der Waals surface area contributed by atoms with E-state index in [0.29, 0.717) is 0 Å². The summed E-state index contributed by atoms with van der Waals surface area (Å²) in [7, 11) is 0. The topological polar surface area (TPSA) is 85.4 Å². The minimum absolute atomic E-state index is 0.0891. The fourth-order valence-electron chi connectivity index (χ4n) is 1.29. The van der Waals surface area contributed by atoms with Crippen molar-refractivity contribution in [2.45, 2.75) is 19.8 Å². The van der Waals surface area contributed by atoms with Crippen molar-refractivity contribution < 1.29 is 23.4 Å². The second-order valence-electron chi connectivity index (χ2n) is 3.20. The molecule has 0 fully saturated rings. The lowest BCUT2D eigenvalue weighted by Gasteiger charge is -2.11. The summed E-state index contributed by atoms with van der Waals surface area (Å²) in [5, 5.41) is 9.42. The van der Waals surface area contributed by atoms with Crippen LogP contribution in [0.3, 0.4) is 0 Å². The number of aromatic nitrogens is 1. The van der Waals surface area contributed by atoms with Gasteiger partial charge in [-0.05, 0) is 6.92 Å². The van der Waals surface area contributed by atoms with Gasteiger partial charge in [0.15, 0.2) is 0 Å². The lowest BCUT2D eigenvalue weighted by molar-refractivity contribution is -0.142. The number of aromatic hydroxyl groups is 1. The molecular formula is C10H12F2N2O3. The summed E-state index contributed by atoms with van der Waals surface area (Å²) >= 11 is 0. The summed E-state index contributed by atoms with van der Waals surface area (Å²) in [5.74, 6) is -1.05. The number of hydrogen-bond donors (Lipinski definition) is 2. The number of alkyl halides is 2. The van der Waals surface area contributed by atoms with Crippen LogP contribution in [-0.2, 0) is 16.0 Å². The third kappa shape index (κ3) is 3.02. The van der Waals surface area contributed by atoms with E-state index >= 15 is 0 Å². The Morgan fingerprint density at radius 3 is 2.82 bits per heavy atom. The molecule has 0 bridgehead atoms. The van der Waals surface area contributed by atoms with Gasteiger partial charge in [-0.1, -0.05) is 0 Å². The van der Waals surface area contributed by atoms with E-state index in [2.05, 4.69) is 9.72 Å². The number of nitrogens with zero attached hydrogens (tertiary/aromatic N) is 1. The van der Waals surface area contributed by atoms with Gasteiger partial charge in [0.2, 0.25) is 0 Å². The molecule has 7 heteroatoms. The summed E-state index contributed by atoms with van der Waals surface area (Å²) in [4.78, 5) is 14.5. The molecule has 0 aliphatic carbocycles. The molecule has 1 aromatic heterocycles. The molecule has 0 aromatic carbocycles. The van der Waals surface area contributed by atoms with Gasteiger partial charge in [-0.25, -0.2) is 13.8 Å². The molecule has 1 heterocycles. The quantitative estimate of drug-likeness (QED) is 0.784. The van der Waals surface area contributed by atoms with Crippen molar-refractivity contribution in [1.29, 1.82) is 0 Å². The van der Waals surface area contributed by atoms with Crippen molar-refractivity contribution in [3.05, 3.63) is 17.5 Å². The second kappa shape index (κ2) is 5.42. The summed E-state index contributed by atoms with van der Waals surface area (Å²) in [6.07, 6.45) is -2.39. The van der Waals surface area contributed by atoms with Crippen LogP contribution in [0.25, 0.3) is 0 Å². The van der Waals surface area contributed by atoms with Crippen LogP contribution in [0.15, 0.2) is 6.20 Å². The maximum Gasteiger partial charge on any atom is 0.310 e. The zero-order valence-corrected chi connectivity index (χ0v) is 9.11. The number of pyridine rings is 1. The molecule has 0 atom stereocenters. The molecule has 3 N–H and O–H groups in total. The summed E-state index contributed by atoms with van der Waals surface area (Å²) < 4.78 is 29.6. The van der Waals surface area contributed by atoms with E-state index in [9.17, 15) is 18.7 Å². The van der Waals surface area contributed by atoms with Gasteiger partial charge in [0.1, 0.15) is 11.4 Å². The van der Waals surface area contributed by atoms with Crippen LogP contribution in [0, 0.1) is 0 Å². The Hall–Kier alpha value is -1.92. The van der Waals surface area contributed by atoms with Crippen molar-refractivity contribution in [2.24, 2.45) is 0 Å². The molecule has 0 amide bonds. The third-order valence-corrected chi connectivity index (χ3v) is 2.07. The molecule has 17 heavy (non-hydrogen) atoms. The molecule has 0 aliphatic rings. The van der Waals surface area contributed by atoms with Crippen LogP contribution in [0.5, 0.6) is 5.75 Å². The number of esters is 1. The van der Waals surface area contributed by atoms with Gasteiger partial charge in [-0.3, -0.25) is 4.79 Å². The Kier molecular flexibility index (Phi) is 4.19. The number of carbonyl (C=O) groups excluding carboxylic acids is 1. The smallest absolute Gasteiger partial charge is 0.310 e.